The van der Waals surface area contributed by atoms with Crippen LogP contribution in [-0.4, -0.2) is 10.4 Å². The minimum Gasteiger partial charge on any atom is -0.302 e. The Labute approximate surface area is 160 Å². The number of thiophene rings is 1. The zero-order valence-corrected chi connectivity index (χ0v) is 16.9. The van der Waals surface area contributed by atoms with Crippen molar-refractivity contribution in [3.63, 3.8) is 0 Å². The molecule has 2 heterocycles. The van der Waals surface area contributed by atoms with Crippen LogP contribution in [0.4, 0.5) is 0 Å². The van der Waals surface area contributed by atoms with Gasteiger partial charge in [0.2, 0.25) is 0 Å². The molecule has 0 aliphatic rings. The summed E-state index contributed by atoms with van der Waals surface area (Å²) in [4.78, 5) is 25.5. The second kappa shape index (κ2) is 7.17. The number of carbonyl (C=O) groups excluding carboxylic acids is 1. The summed E-state index contributed by atoms with van der Waals surface area (Å²) < 4.78 is 2.82. The molecule has 0 aliphatic heterocycles. The maximum atomic E-state index is 12.5. The molecule has 3 aromatic rings. The zero-order chi connectivity index (χ0) is 18.9. The first kappa shape index (κ1) is 18.5. The fourth-order valence-corrected chi connectivity index (χ4v) is 4.21. The van der Waals surface area contributed by atoms with Crippen molar-refractivity contribution in [2.75, 3.05) is 0 Å². The molecule has 0 N–H and O–H groups in total. The fourth-order valence-electron chi connectivity index (χ4n) is 2.54. The Kier molecular flexibility index (Phi) is 5.12. The fraction of sp³-hybridized carbons (Fsp3) is 0.238. The van der Waals surface area contributed by atoms with Crippen LogP contribution in [0.3, 0.4) is 0 Å². The number of thiazole rings is 1. The van der Waals surface area contributed by atoms with Crippen LogP contribution in [0.15, 0.2) is 46.6 Å². The van der Waals surface area contributed by atoms with E-state index in [0.29, 0.717) is 14.1 Å². The molecule has 3 nitrogen and oxygen atoms in total. The third-order valence-corrected chi connectivity index (χ3v) is 6.15. The van der Waals surface area contributed by atoms with Gasteiger partial charge in [-0.1, -0.05) is 51.1 Å². The van der Waals surface area contributed by atoms with Crippen LogP contribution in [0, 0.1) is 0 Å². The molecule has 0 amide bonds. The Balaban J connectivity index is 2.01. The first-order valence-electron chi connectivity index (χ1n) is 8.33. The molecule has 0 unspecified atom stereocenters. The normalized spacial score (nSPS) is 13.4. The highest BCUT2D eigenvalue weighted by atomic mass is 32.1. The molecule has 0 fully saturated rings. The third-order valence-electron chi connectivity index (χ3n) is 4.15. The van der Waals surface area contributed by atoms with E-state index < -0.39 is 0 Å². The van der Waals surface area contributed by atoms with Crippen molar-refractivity contribution >= 4 is 40.6 Å². The minimum absolute atomic E-state index is 0.0714. The lowest BCUT2D eigenvalue weighted by Crippen LogP contribution is -2.29. The standard InChI is InChI=1S/C21H21NO2S2/c1-21(2,3)15-9-7-14(8-10-15)12-18-20(24)22(4)19(26-18)13-16(23)17-6-5-11-25-17/h5-13H,1-4H3/b18-12+,19-13-. The van der Waals surface area contributed by atoms with Gasteiger partial charge < -0.3 is 4.57 Å². The van der Waals surface area contributed by atoms with E-state index in [4.69, 9.17) is 0 Å². The van der Waals surface area contributed by atoms with Gasteiger partial charge in [0.15, 0.2) is 5.78 Å². The van der Waals surface area contributed by atoms with Crippen molar-refractivity contribution < 1.29 is 4.79 Å². The summed E-state index contributed by atoms with van der Waals surface area (Å²) in [5.74, 6) is -0.0714. The van der Waals surface area contributed by atoms with Gasteiger partial charge >= 0.3 is 0 Å². The monoisotopic (exact) mass is 383 g/mol. The van der Waals surface area contributed by atoms with E-state index in [0.717, 1.165) is 5.56 Å². The Morgan fingerprint density at radius 1 is 1.12 bits per heavy atom. The molecule has 1 aromatic carbocycles. The van der Waals surface area contributed by atoms with Crippen LogP contribution in [0.25, 0.3) is 12.2 Å². The number of carbonyl (C=O) groups is 1. The number of hydrogen-bond acceptors (Lipinski definition) is 4. The predicted molar refractivity (Wildman–Crippen MR) is 111 cm³/mol. The maximum absolute atomic E-state index is 12.5. The number of Topliss-reactive ketones (excluding diaryl/α,β-unsaturated/α-hetero) is 1. The molecule has 3 rings (SSSR count). The third kappa shape index (κ3) is 3.94. The maximum Gasteiger partial charge on any atom is 0.268 e. The topological polar surface area (TPSA) is 39.1 Å². The Bertz CT molecular complexity index is 1090. The molecular formula is C21H21NO2S2. The van der Waals surface area contributed by atoms with Crippen LogP contribution >= 0.6 is 22.7 Å². The van der Waals surface area contributed by atoms with Crippen LogP contribution in [0.2, 0.25) is 0 Å². The van der Waals surface area contributed by atoms with Gasteiger partial charge in [0, 0.05) is 13.1 Å². The lowest BCUT2D eigenvalue weighted by molar-refractivity contribution is 0.106. The molecule has 5 heteroatoms. The number of nitrogens with zero attached hydrogens (tertiary/aromatic N) is 1. The Morgan fingerprint density at radius 3 is 2.38 bits per heavy atom. The highest BCUT2D eigenvalue weighted by molar-refractivity contribution is 7.12. The molecular weight excluding hydrogens is 362 g/mol. The van der Waals surface area contributed by atoms with Gasteiger partial charge in [-0.05, 0) is 34.1 Å². The average Bonchev–Trinajstić information content (AvgIpc) is 3.20. The lowest BCUT2D eigenvalue weighted by atomic mass is 9.87. The summed E-state index contributed by atoms with van der Waals surface area (Å²) in [7, 11) is 1.70. The van der Waals surface area contributed by atoms with Gasteiger partial charge in [-0.25, -0.2) is 0 Å². The average molecular weight is 384 g/mol. The zero-order valence-electron chi connectivity index (χ0n) is 15.3. The number of rotatable bonds is 3. The quantitative estimate of drug-likeness (QED) is 0.651. The molecule has 134 valence electrons. The van der Waals surface area contributed by atoms with E-state index in [1.54, 1.807) is 13.1 Å². The Hall–Kier alpha value is -2.24. The summed E-state index contributed by atoms with van der Waals surface area (Å²) in [5, 5.41) is 1.87. The van der Waals surface area contributed by atoms with Crippen LogP contribution in [0.1, 0.15) is 41.6 Å². The van der Waals surface area contributed by atoms with E-state index >= 15 is 0 Å². The van der Waals surface area contributed by atoms with E-state index in [-0.39, 0.29) is 16.8 Å². The van der Waals surface area contributed by atoms with Crippen molar-refractivity contribution in [1.29, 1.82) is 0 Å². The van der Waals surface area contributed by atoms with Gasteiger partial charge in [-0.15, -0.1) is 22.7 Å². The van der Waals surface area contributed by atoms with Gasteiger partial charge in [0.05, 0.1) is 9.41 Å². The van der Waals surface area contributed by atoms with Crippen molar-refractivity contribution in [1.82, 2.24) is 4.57 Å². The predicted octanol–water partition coefficient (Wildman–Crippen LogP) is 3.30. The molecule has 0 saturated heterocycles. The van der Waals surface area contributed by atoms with Crippen molar-refractivity contribution in [2.45, 2.75) is 26.2 Å². The van der Waals surface area contributed by atoms with Crippen molar-refractivity contribution in [2.24, 2.45) is 7.05 Å². The molecule has 0 radical (unpaired) electrons. The number of ketones is 1. The number of aromatic nitrogens is 1. The molecule has 26 heavy (non-hydrogen) atoms. The minimum atomic E-state index is -0.0832. The van der Waals surface area contributed by atoms with E-state index in [1.165, 1.54) is 38.9 Å². The second-order valence-electron chi connectivity index (χ2n) is 7.17. The van der Waals surface area contributed by atoms with E-state index in [9.17, 15) is 9.59 Å². The van der Waals surface area contributed by atoms with Gasteiger partial charge in [0.25, 0.3) is 5.56 Å². The molecule has 2 aromatic heterocycles. The largest absolute Gasteiger partial charge is 0.302 e. The van der Waals surface area contributed by atoms with Crippen LogP contribution < -0.4 is 14.8 Å². The molecule has 0 bridgehead atoms. The van der Waals surface area contributed by atoms with E-state index in [2.05, 4.69) is 32.9 Å². The first-order valence-corrected chi connectivity index (χ1v) is 10.0. The Morgan fingerprint density at radius 2 is 1.81 bits per heavy atom. The number of hydrogen-bond donors (Lipinski definition) is 0. The second-order valence-corrected chi connectivity index (χ2v) is 9.18. The summed E-state index contributed by atoms with van der Waals surface area (Å²) in [6.07, 6.45) is 3.42. The van der Waals surface area contributed by atoms with Crippen molar-refractivity contribution in [3.8, 4) is 0 Å². The van der Waals surface area contributed by atoms with Gasteiger partial charge in [-0.3, -0.25) is 9.59 Å². The molecule has 0 spiro atoms. The van der Waals surface area contributed by atoms with Gasteiger partial charge in [-0.2, -0.15) is 0 Å². The lowest BCUT2D eigenvalue weighted by Gasteiger charge is -2.18. The molecule has 0 atom stereocenters. The first-order chi connectivity index (χ1) is 12.3. The molecule has 0 saturated carbocycles. The van der Waals surface area contributed by atoms with Crippen molar-refractivity contribution in [3.05, 3.63) is 77.3 Å². The van der Waals surface area contributed by atoms with Gasteiger partial charge in [0.1, 0.15) is 4.66 Å². The van der Waals surface area contributed by atoms with Crippen LogP contribution in [0.5, 0.6) is 0 Å². The molecule has 0 aliphatic carbocycles. The highest BCUT2D eigenvalue weighted by Gasteiger charge is 2.12. The summed E-state index contributed by atoms with van der Waals surface area (Å²) in [6.45, 7) is 6.52. The highest BCUT2D eigenvalue weighted by Crippen LogP contribution is 2.22. The number of benzene rings is 1. The SMILES string of the molecule is Cn1c(=O)/c(=C\c2ccc(C(C)(C)C)cc2)s/c1=C\C(=O)c1cccs1. The smallest absolute Gasteiger partial charge is 0.268 e. The summed E-state index contributed by atoms with van der Waals surface area (Å²) in [5.41, 5.74) is 2.25. The van der Waals surface area contributed by atoms with E-state index in [1.807, 2.05) is 29.7 Å². The summed E-state index contributed by atoms with van der Waals surface area (Å²) in [6, 6.07) is 11.9. The summed E-state index contributed by atoms with van der Waals surface area (Å²) >= 11 is 2.74. The van der Waals surface area contributed by atoms with Crippen LogP contribution in [-0.2, 0) is 12.5 Å².